The van der Waals surface area contributed by atoms with E-state index in [1.54, 1.807) is 14.2 Å². The molecule has 4 nitrogen and oxygen atoms in total. The third-order valence-corrected chi connectivity index (χ3v) is 4.75. The van der Waals surface area contributed by atoms with E-state index in [2.05, 4.69) is 17.4 Å². The Morgan fingerprint density at radius 1 is 1.14 bits per heavy atom. The van der Waals surface area contributed by atoms with Crippen LogP contribution in [0.15, 0.2) is 18.2 Å². The fourth-order valence-corrected chi connectivity index (χ4v) is 3.12. The van der Waals surface area contributed by atoms with Crippen LogP contribution in [0.4, 0.5) is 0 Å². The topological polar surface area (TPSA) is 39.7 Å². The van der Waals surface area contributed by atoms with Crippen LogP contribution in [0.5, 0.6) is 11.5 Å². The van der Waals surface area contributed by atoms with E-state index < -0.39 is 0 Å². The Kier molecular flexibility index (Phi) is 4.36. The van der Waals surface area contributed by atoms with E-state index in [1.165, 1.54) is 18.4 Å². The van der Waals surface area contributed by atoms with Crippen LogP contribution in [0.25, 0.3) is 0 Å². The summed E-state index contributed by atoms with van der Waals surface area (Å²) < 4.78 is 16.4. The van der Waals surface area contributed by atoms with Crippen molar-refractivity contribution < 1.29 is 14.2 Å². The maximum Gasteiger partial charge on any atom is 0.161 e. The lowest BCUT2D eigenvalue weighted by Crippen LogP contribution is -2.43. The summed E-state index contributed by atoms with van der Waals surface area (Å²) in [5.41, 5.74) is 1.48. The second-order valence-electron chi connectivity index (χ2n) is 6.12. The van der Waals surface area contributed by atoms with Gasteiger partial charge in [-0.2, -0.15) is 0 Å². The maximum absolute atomic E-state index is 5.59. The number of rotatable bonds is 6. The van der Waals surface area contributed by atoms with Gasteiger partial charge in [0.15, 0.2) is 11.5 Å². The highest BCUT2D eigenvalue weighted by atomic mass is 16.5. The average Bonchev–Trinajstić information content (AvgIpc) is 3.37. The zero-order valence-corrected chi connectivity index (χ0v) is 13.0. The van der Waals surface area contributed by atoms with Crippen molar-refractivity contribution in [2.75, 3.05) is 34.0 Å². The number of benzene rings is 1. The van der Waals surface area contributed by atoms with E-state index in [0.717, 1.165) is 50.1 Å². The normalized spacial score (nSPS) is 21.0. The van der Waals surface area contributed by atoms with Crippen LogP contribution in [0.1, 0.15) is 31.2 Å². The van der Waals surface area contributed by atoms with Gasteiger partial charge in [-0.15, -0.1) is 0 Å². The number of nitrogens with one attached hydrogen (secondary N) is 1. The standard InChI is InChI=1S/C17H25NO3/c1-19-15-6-3-13(11-16(15)20-2)17(7-9-21-10-8-17)12-18-14-4-5-14/h3,6,11,14,18H,4-5,7-10,12H2,1-2H3. The van der Waals surface area contributed by atoms with Gasteiger partial charge in [-0.05, 0) is 43.4 Å². The van der Waals surface area contributed by atoms with Gasteiger partial charge in [-0.1, -0.05) is 6.07 Å². The minimum atomic E-state index is 0.153. The molecule has 0 amide bonds. The number of methoxy groups -OCH3 is 2. The van der Waals surface area contributed by atoms with Gasteiger partial charge in [0.1, 0.15) is 0 Å². The van der Waals surface area contributed by atoms with Crippen LogP contribution in [0, 0.1) is 0 Å². The molecule has 1 aliphatic carbocycles. The molecule has 3 rings (SSSR count). The minimum absolute atomic E-state index is 0.153. The van der Waals surface area contributed by atoms with Crippen molar-refractivity contribution in [3.05, 3.63) is 23.8 Å². The predicted molar refractivity (Wildman–Crippen MR) is 82.3 cm³/mol. The molecular weight excluding hydrogens is 266 g/mol. The van der Waals surface area contributed by atoms with Gasteiger partial charge in [-0.3, -0.25) is 0 Å². The lowest BCUT2D eigenvalue weighted by Gasteiger charge is -2.38. The van der Waals surface area contributed by atoms with Crippen molar-refractivity contribution in [2.45, 2.75) is 37.1 Å². The molecule has 116 valence electrons. The lowest BCUT2D eigenvalue weighted by molar-refractivity contribution is 0.0496. The Hall–Kier alpha value is -1.26. The minimum Gasteiger partial charge on any atom is -0.493 e. The van der Waals surface area contributed by atoms with Crippen LogP contribution < -0.4 is 14.8 Å². The zero-order valence-electron chi connectivity index (χ0n) is 13.0. The summed E-state index contributed by atoms with van der Waals surface area (Å²) in [5.74, 6) is 1.60. The van der Waals surface area contributed by atoms with Crippen LogP contribution in [0.2, 0.25) is 0 Å². The molecule has 1 heterocycles. The second kappa shape index (κ2) is 6.24. The molecule has 0 bridgehead atoms. The predicted octanol–water partition coefficient (Wildman–Crippen LogP) is 2.50. The van der Waals surface area contributed by atoms with Crippen LogP contribution in [-0.2, 0) is 10.2 Å². The largest absolute Gasteiger partial charge is 0.493 e. The molecule has 1 saturated carbocycles. The molecule has 2 aliphatic rings. The van der Waals surface area contributed by atoms with Crippen molar-refractivity contribution in [1.29, 1.82) is 0 Å². The molecule has 1 aromatic carbocycles. The van der Waals surface area contributed by atoms with E-state index in [1.807, 2.05) is 6.07 Å². The molecular formula is C17H25NO3. The van der Waals surface area contributed by atoms with Crippen LogP contribution in [0.3, 0.4) is 0 Å². The Bertz CT molecular complexity index is 479. The first-order valence-electron chi connectivity index (χ1n) is 7.81. The van der Waals surface area contributed by atoms with Gasteiger partial charge < -0.3 is 19.5 Å². The fourth-order valence-electron chi connectivity index (χ4n) is 3.12. The molecule has 0 atom stereocenters. The first-order valence-corrected chi connectivity index (χ1v) is 7.81. The molecule has 2 fully saturated rings. The van der Waals surface area contributed by atoms with E-state index in [4.69, 9.17) is 14.2 Å². The quantitative estimate of drug-likeness (QED) is 0.874. The number of hydrogen-bond donors (Lipinski definition) is 1. The molecule has 1 aromatic rings. The highest BCUT2D eigenvalue weighted by Crippen LogP contribution is 2.39. The molecule has 1 aliphatic heterocycles. The van der Waals surface area contributed by atoms with Gasteiger partial charge in [-0.25, -0.2) is 0 Å². The summed E-state index contributed by atoms with van der Waals surface area (Å²) >= 11 is 0. The van der Waals surface area contributed by atoms with Gasteiger partial charge in [0.05, 0.1) is 14.2 Å². The molecule has 0 radical (unpaired) electrons. The molecule has 0 unspecified atom stereocenters. The molecule has 1 saturated heterocycles. The van der Waals surface area contributed by atoms with Crippen LogP contribution in [-0.4, -0.2) is 40.0 Å². The van der Waals surface area contributed by atoms with Gasteiger partial charge in [0.25, 0.3) is 0 Å². The summed E-state index contributed by atoms with van der Waals surface area (Å²) in [5, 5.41) is 3.70. The Morgan fingerprint density at radius 3 is 2.48 bits per heavy atom. The third kappa shape index (κ3) is 3.16. The Labute approximate surface area is 126 Å². The van der Waals surface area contributed by atoms with E-state index in [9.17, 15) is 0 Å². The smallest absolute Gasteiger partial charge is 0.161 e. The second-order valence-corrected chi connectivity index (χ2v) is 6.12. The number of ether oxygens (including phenoxy) is 3. The summed E-state index contributed by atoms with van der Waals surface area (Å²) in [6, 6.07) is 7.06. The molecule has 0 spiro atoms. The van der Waals surface area contributed by atoms with E-state index in [-0.39, 0.29) is 5.41 Å². The lowest BCUT2D eigenvalue weighted by atomic mass is 9.74. The first-order chi connectivity index (χ1) is 10.3. The third-order valence-electron chi connectivity index (χ3n) is 4.75. The summed E-state index contributed by atoms with van der Waals surface area (Å²) in [6.07, 6.45) is 4.75. The zero-order chi connectivity index (χ0) is 14.7. The summed E-state index contributed by atoms with van der Waals surface area (Å²) in [7, 11) is 3.37. The highest BCUT2D eigenvalue weighted by Gasteiger charge is 2.36. The fraction of sp³-hybridized carbons (Fsp3) is 0.647. The number of hydrogen-bond acceptors (Lipinski definition) is 4. The Balaban J connectivity index is 1.87. The van der Waals surface area contributed by atoms with Crippen molar-refractivity contribution in [2.24, 2.45) is 0 Å². The monoisotopic (exact) mass is 291 g/mol. The van der Waals surface area contributed by atoms with Gasteiger partial charge in [0.2, 0.25) is 0 Å². The van der Waals surface area contributed by atoms with E-state index >= 15 is 0 Å². The first kappa shape index (κ1) is 14.7. The SMILES string of the molecule is COc1ccc(C2(CNC3CC3)CCOCC2)cc1OC. The molecule has 4 heteroatoms. The van der Waals surface area contributed by atoms with E-state index in [0.29, 0.717) is 0 Å². The molecule has 0 aromatic heterocycles. The van der Waals surface area contributed by atoms with Gasteiger partial charge >= 0.3 is 0 Å². The van der Waals surface area contributed by atoms with Crippen LogP contribution >= 0.6 is 0 Å². The summed E-state index contributed by atoms with van der Waals surface area (Å²) in [6.45, 7) is 2.69. The van der Waals surface area contributed by atoms with Crippen molar-refractivity contribution in [1.82, 2.24) is 5.32 Å². The highest BCUT2D eigenvalue weighted by molar-refractivity contribution is 5.45. The molecule has 1 N–H and O–H groups in total. The van der Waals surface area contributed by atoms with Crippen molar-refractivity contribution in [3.63, 3.8) is 0 Å². The van der Waals surface area contributed by atoms with Gasteiger partial charge in [0, 0.05) is 31.2 Å². The average molecular weight is 291 g/mol. The molecule has 21 heavy (non-hydrogen) atoms. The van der Waals surface area contributed by atoms with Crippen molar-refractivity contribution in [3.8, 4) is 11.5 Å². The Morgan fingerprint density at radius 2 is 1.86 bits per heavy atom. The maximum atomic E-state index is 5.59. The summed E-state index contributed by atoms with van der Waals surface area (Å²) in [4.78, 5) is 0. The van der Waals surface area contributed by atoms with Crippen molar-refractivity contribution >= 4 is 0 Å².